The van der Waals surface area contributed by atoms with Gasteiger partial charge in [-0.15, -0.1) is 0 Å². The molecular weight excluding hydrogens is 218 g/mol. The van der Waals surface area contributed by atoms with Gasteiger partial charge < -0.3 is 5.32 Å². The summed E-state index contributed by atoms with van der Waals surface area (Å²) in [5, 5.41) is 3.49. The maximum absolute atomic E-state index is 3.49. The van der Waals surface area contributed by atoms with E-state index in [2.05, 4.69) is 73.8 Å². The van der Waals surface area contributed by atoms with Gasteiger partial charge in [0.1, 0.15) is 0 Å². The third kappa shape index (κ3) is 3.63. The van der Waals surface area contributed by atoms with Crippen molar-refractivity contribution in [1.29, 1.82) is 0 Å². The fraction of sp³-hybridized carbons (Fsp3) is 0.294. The molecule has 0 atom stereocenters. The second-order valence-corrected chi connectivity index (χ2v) is 4.94. The molecule has 2 aromatic carbocycles. The Kier molecular flexibility index (Phi) is 4.40. The van der Waals surface area contributed by atoms with Crippen LogP contribution in [-0.4, -0.2) is 6.54 Å². The average molecular weight is 239 g/mol. The summed E-state index contributed by atoms with van der Waals surface area (Å²) in [6.45, 7) is 5.43. The van der Waals surface area contributed by atoms with Crippen molar-refractivity contribution < 1.29 is 0 Å². The highest BCUT2D eigenvalue weighted by Crippen LogP contribution is 2.18. The van der Waals surface area contributed by atoms with Crippen LogP contribution in [0.5, 0.6) is 0 Å². The summed E-state index contributed by atoms with van der Waals surface area (Å²) in [5.41, 5.74) is 3.99. The van der Waals surface area contributed by atoms with Crippen LogP contribution in [-0.2, 0) is 6.42 Å². The molecule has 0 unspecified atom stereocenters. The quantitative estimate of drug-likeness (QED) is 0.812. The summed E-state index contributed by atoms with van der Waals surface area (Å²) in [7, 11) is 0. The summed E-state index contributed by atoms with van der Waals surface area (Å²) >= 11 is 0. The molecule has 0 spiro atoms. The van der Waals surface area contributed by atoms with E-state index < -0.39 is 0 Å². The van der Waals surface area contributed by atoms with Crippen LogP contribution in [0.3, 0.4) is 0 Å². The third-order valence-corrected chi connectivity index (χ3v) is 3.14. The van der Waals surface area contributed by atoms with Crippen molar-refractivity contribution in [2.45, 2.75) is 26.2 Å². The molecule has 0 amide bonds. The molecule has 0 saturated carbocycles. The van der Waals surface area contributed by atoms with Gasteiger partial charge in [-0.3, -0.25) is 0 Å². The molecule has 1 nitrogen and oxygen atoms in total. The molecule has 0 heterocycles. The minimum absolute atomic E-state index is 0.584. The third-order valence-electron chi connectivity index (χ3n) is 3.14. The average Bonchev–Trinajstić information content (AvgIpc) is 2.40. The largest absolute Gasteiger partial charge is 0.385 e. The fourth-order valence-electron chi connectivity index (χ4n) is 2.00. The molecule has 1 N–H and O–H groups in total. The molecule has 0 radical (unpaired) electrons. The molecule has 18 heavy (non-hydrogen) atoms. The Hall–Kier alpha value is -1.76. The van der Waals surface area contributed by atoms with Crippen molar-refractivity contribution in [3.8, 4) is 0 Å². The summed E-state index contributed by atoms with van der Waals surface area (Å²) in [4.78, 5) is 0. The van der Waals surface area contributed by atoms with Crippen molar-refractivity contribution in [1.82, 2.24) is 0 Å². The first-order chi connectivity index (χ1) is 8.75. The number of nitrogens with one attached hydrogen (secondary N) is 1. The maximum Gasteiger partial charge on any atom is 0.0343 e. The summed E-state index contributed by atoms with van der Waals surface area (Å²) < 4.78 is 0. The lowest BCUT2D eigenvalue weighted by molar-refractivity contribution is 0.866. The predicted molar refractivity (Wildman–Crippen MR) is 79.2 cm³/mol. The van der Waals surface area contributed by atoms with E-state index >= 15 is 0 Å². The monoisotopic (exact) mass is 239 g/mol. The highest BCUT2D eigenvalue weighted by atomic mass is 14.9. The van der Waals surface area contributed by atoms with E-state index in [1.165, 1.54) is 16.8 Å². The minimum Gasteiger partial charge on any atom is -0.385 e. The SMILES string of the molecule is CC(C)c1cccc(NCCc2ccccc2)c1. The van der Waals surface area contributed by atoms with Gasteiger partial charge in [-0.2, -0.15) is 0 Å². The standard InChI is InChI=1S/C17H21N/c1-14(2)16-9-6-10-17(13-16)18-12-11-15-7-4-3-5-8-15/h3-10,13-14,18H,11-12H2,1-2H3. The summed E-state index contributed by atoms with van der Waals surface area (Å²) in [6, 6.07) is 19.3. The molecule has 0 aromatic heterocycles. The lowest BCUT2D eigenvalue weighted by Gasteiger charge is -2.10. The van der Waals surface area contributed by atoms with Crippen LogP contribution in [0.4, 0.5) is 5.69 Å². The topological polar surface area (TPSA) is 12.0 Å². The van der Waals surface area contributed by atoms with Crippen LogP contribution in [0.25, 0.3) is 0 Å². The Morgan fingerprint density at radius 1 is 0.944 bits per heavy atom. The lowest BCUT2D eigenvalue weighted by atomic mass is 10.0. The van der Waals surface area contributed by atoms with Crippen molar-refractivity contribution in [3.05, 3.63) is 65.7 Å². The van der Waals surface area contributed by atoms with E-state index in [0.717, 1.165) is 13.0 Å². The molecule has 2 aromatic rings. The molecule has 2 rings (SSSR count). The molecule has 0 bridgehead atoms. The van der Waals surface area contributed by atoms with Gasteiger partial charge >= 0.3 is 0 Å². The first kappa shape index (κ1) is 12.7. The Balaban J connectivity index is 1.89. The van der Waals surface area contributed by atoms with Gasteiger partial charge in [-0.1, -0.05) is 56.3 Å². The van der Waals surface area contributed by atoms with Gasteiger partial charge in [0.25, 0.3) is 0 Å². The van der Waals surface area contributed by atoms with Crippen LogP contribution in [0.2, 0.25) is 0 Å². The number of rotatable bonds is 5. The van der Waals surface area contributed by atoms with Gasteiger partial charge in [-0.05, 0) is 35.6 Å². The second-order valence-electron chi connectivity index (χ2n) is 4.94. The predicted octanol–water partition coefficient (Wildman–Crippen LogP) is 4.46. The van der Waals surface area contributed by atoms with Crippen molar-refractivity contribution >= 4 is 5.69 Å². The van der Waals surface area contributed by atoms with E-state index in [4.69, 9.17) is 0 Å². The highest BCUT2D eigenvalue weighted by Gasteiger charge is 1.99. The Morgan fingerprint density at radius 3 is 2.44 bits per heavy atom. The molecule has 0 fully saturated rings. The molecule has 0 aliphatic carbocycles. The van der Waals surface area contributed by atoms with Gasteiger partial charge in [0.05, 0.1) is 0 Å². The van der Waals surface area contributed by atoms with E-state index in [-0.39, 0.29) is 0 Å². The van der Waals surface area contributed by atoms with Gasteiger partial charge in [0.2, 0.25) is 0 Å². The van der Waals surface area contributed by atoms with Crippen LogP contribution in [0.15, 0.2) is 54.6 Å². The van der Waals surface area contributed by atoms with Gasteiger partial charge in [-0.25, -0.2) is 0 Å². The smallest absolute Gasteiger partial charge is 0.0343 e. The summed E-state index contributed by atoms with van der Waals surface area (Å²) in [5.74, 6) is 0.584. The number of hydrogen-bond acceptors (Lipinski definition) is 1. The Labute approximate surface area is 110 Å². The van der Waals surface area contributed by atoms with Crippen LogP contribution in [0.1, 0.15) is 30.9 Å². The second kappa shape index (κ2) is 6.25. The van der Waals surface area contributed by atoms with E-state index in [9.17, 15) is 0 Å². The summed E-state index contributed by atoms with van der Waals surface area (Å²) in [6.07, 6.45) is 1.06. The van der Waals surface area contributed by atoms with E-state index in [1.807, 2.05) is 0 Å². The molecule has 0 aliphatic heterocycles. The van der Waals surface area contributed by atoms with Crippen LogP contribution >= 0.6 is 0 Å². The zero-order valence-electron chi connectivity index (χ0n) is 11.2. The number of benzene rings is 2. The van der Waals surface area contributed by atoms with Gasteiger partial charge in [0, 0.05) is 12.2 Å². The molecule has 1 heteroatoms. The first-order valence-electron chi connectivity index (χ1n) is 6.63. The van der Waals surface area contributed by atoms with Crippen molar-refractivity contribution in [2.75, 3.05) is 11.9 Å². The maximum atomic E-state index is 3.49. The molecule has 0 saturated heterocycles. The molecular formula is C17H21N. The van der Waals surface area contributed by atoms with Crippen LogP contribution in [0, 0.1) is 0 Å². The zero-order valence-corrected chi connectivity index (χ0v) is 11.2. The minimum atomic E-state index is 0.584. The first-order valence-corrected chi connectivity index (χ1v) is 6.63. The van der Waals surface area contributed by atoms with Crippen LogP contribution < -0.4 is 5.32 Å². The molecule has 0 aliphatic rings. The van der Waals surface area contributed by atoms with Crippen molar-refractivity contribution in [3.63, 3.8) is 0 Å². The number of anilines is 1. The van der Waals surface area contributed by atoms with E-state index in [0.29, 0.717) is 5.92 Å². The normalized spacial score (nSPS) is 10.6. The highest BCUT2D eigenvalue weighted by molar-refractivity contribution is 5.46. The lowest BCUT2D eigenvalue weighted by Crippen LogP contribution is -2.05. The molecule has 94 valence electrons. The van der Waals surface area contributed by atoms with Gasteiger partial charge in [0.15, 0.2) is 0 Å². The number of hydrogen-bond donors (Lipinski definition) is 1. The fourth-order valence-corrected chi connectivity index (χ4v) is 2.00. The Bertz CT molecular complexity index is 474. The Morgan fingerprint density at radius 2 is 1.72 bits per heavy atom. The van der Waals surface area contributed by atoms with E-state index in [1.54, 1.807) is 0 Å². The van der Waals surface area contributed by atoms with Crippen molar-refractivity contribution in [2.24, 2.45) is 0 Å². The zero-order chi connectivity index (χ0) is 12.8.